The highest BCUT2D eigenvalue weighted by Gasteiger charge is 2.14. The maximum absolute atomic E-state index is 11.2. The van der Waals surface area contributed by atoms with Gasteiger partial charge in [-0.1, -0.05) is 0 Å². The number of hydrogen-bond donors (Lipinski definition) is 0. The lowest BCUT2D eigenvalue weighted by Gasteiger charge is -2.13. The molecule has 0 spiro atoms. The second-order valence-corrected chi connectivity index (χ2v) is 4.16. The zero-order valence-electron chi connectivity index (χ0n) is 11.4. The molecule has 0 N–H and O–H groups in total. The van der Waals surface area contributed by atoms with Crippen LogP contribution in [0.15, 0.2) is 24.3 Å². The Balaban J connectivity index is 2.80. The predicted octanol–water partition coefficient (Wildman–Crippen LogP) is 2.59. The molecule has 0 bridgehead atoms. The van der Waals surface area contributed by atoms with E-state index in [1.54, 1.807) is 18.2 Å². The first-order valence-electron chi connectivity index (χ1n) is 5.92. The molecule has 0 aromatic heterocycles. The molecular weight excluding hydrogens is 260 g/mol. The van der Waals surface area contributed by atoms with Crippen LogP contribution in [0, 0.1) is 0 Å². The van der Waals surface area contributed by atoms with Gasteiger partial charge in [0, 0.05) is 18.6 Å². The van der Waals surface area contributed by atoms with Crippen LogP contribution in [0.25, 0.3) is 10.8 Å². The van der Waals surface area contributed by atoms with Crippen LogP contribution in [0.3, 0.4) is 0 Å². The van der Waals surface area contributed by atoms with Crippen molar-refractivity contribution in [3.63, 3.8) is 0 Å². The summed E-state index contributed by atoms with van der Waals surface area (Å²) in [5.74, 6) is 0.919. The first kappa shape index (κ1) is 13.9. The molecule has 5 heteroatoms. The van der Waals surface area contributed by atoms with Crippen LogP contribution in [0.1, 0.15) is 17.3 Å². The first-order chi connectivity index (χ1) is 9.58. The third-order valence-electron chi connectivity index (χ3n) is 2.82. The van der Waals surface area contributed by atoms with Crippen molar-refractivity contribution in [1.82, 2.24) is 0 Å². The Bertz CT molecular complexity index is 676. The lowest BCUT2D eigenvalue weighted by Crippen LogP contribution is -2.03. The van der Waals surface area contributed by atoms with Gasteiger partial charge in [0.15, 0.2) is 0 Å². The number of aldehydes is 1. The SMILES string of the molecule is COc1cc(OC)c2c(OC(C)=O)cc(C=O)cc2c1. The molecule has 20 heavy (non-hydrogen) atoms. The van der Waals surface area contributed by atoms with Gasteiger partial charge in [0.05, 0.1) is 19.6 Å². The van der Waals surface area contributed by atoms with E-state index in [1.165, 1.54) is 27.2 Å². The number of benzene rings is 2. The third-order valence-corrected chi connectivity index (χ3v) is 2.82. The first-order valence-corrected chi connectivity index (χ1v) is 5.92. The summed E-state index contributed by atoms with van der Waals surface area (Å²) < 4.78 is 15.7. The largest absolute Gasteiger partial charge is 0.497 e. The smallest absolute Gasteiger partial charge is 0.308 e. The lowest BCUT2D eigenvalue weighted by atomic mass is 10.0. The standard InChI is InChI=1S/C15H14O5/c1-9(17)20-14-5-10(8-16)4-11-6-12(18-2)7-13(19-3)15(11)14/h4-8H,1-3H3. The van der Waals surface area contributed by atoms with Crippen molar-refractivity contribution in [2.45, 2.75) is 6.92 Å². The number of fused-ring (bicyclic) bond motifs is 1. The van der Waals surface area contributed by atoms with Gasteiger partial charge in [0.1, 0.15) is 23.5 Å². The third kappa shape index (κ3) is 2.56. The molecule has 104 valence electrons. The summed E-state index contributed by atoms with van der Waals surface area (Å²) in [7, 11) is 3.05. The van der Waals surface area contributed by atoms with Gasteiger partial charge < -0.3 is 14.2 Å². The second-order valence-electron chi connectivity index (χ2n) is 4.16. The van der Waals surface area contributed by atoms with E-state index in [9.17, 15) is 9.59 Å². The van der Waals surface area contributed by atoms with E-state index in [2.05, 4.69) is 0 Å². The fraction of sp³-hybridized carbons (Fsp3) is 0.200. The average Bonchev–Trinajstić information content (AvgIpc) is 2.44. The molecule has 2 aromatic rings. The van der Waals surface area contributed by atoms with Crippen LogP contribution in [-0.4, -0.2) is 26.5 Å². The number of ether oxygens (including phenoxy) is 3. The van der Waals surface area contributed by atoms with Crippen LogP contribution in [0.4, 0.5) is 0 Å². The number of rotatable bonds is 4. The van der Waals surface area contributed by atoms with Crippen LogP contribution in [-0.2, 0) is 4.79 Å². The highest BCUT2D eigenvalue weighted by molar-refractivity contribution is 5.99. The Kier molecular flexibility index (Phi) is 3.89. The molecule has 2 rings (SSSR count). The van der Waals surface area contributed by atoms with Crippen LogP contribution in [0.2, 0.25) is 0 Å². The summed E-state index contributed by atoms with van der Waals surface area (Å²) in [6, 6.07) is 6.62. The number of carbonyl (C=O) groups excluding carboxylic acids is 2. The lowest BCUT2D eigenvalue weighted by molar-refractivity contribution is -0.131. The van der Waals surface area contributed by atoms with E-state index in [-0.39, 0.29) is 5.75 Å². The molecule has 0 fully saturated rings. The highest BCUT2D eigenvalue weighted by Crippen LogP contribution is 2.38. The fourth-order valence-electron chi connectivity index (χ4n) is 2.02. The van der Waals surface area contributed by atoms with Crippen molar-refractivity contribution in [1.29, 1.82) is 0 Å². The van der Waals surface area contributed by atoms with Gasteiger partial charge >= 0.3 is 5.97 Å². The molecule has 0 aliphatic carbocycles. The molecule has 0 unspecified atom stereocenters. The Morgan fingerprint density at radius 3 is 2.35 bits per heavy atom. The number of esters is 1. The molecule has 0 amide bonds. The Labute approximate surface area is 116 Å². The zero-order valence-corrected chi connectivity index (χ0v) is 11.4. The van der Waals surface area contributed by atoms with E-state index in [0.717, 1.165) is 0 Å². The van der Waals surface area contributed by atoms with Crippen molar-refractivity contribution < 1.29 is 23.8 Å². The molecule has 0 heterocycles. The Morgan fingerprint density at radius 1 is 1.05 bits per heavy atom. The Morgan fingerprint density at radius 2 is 1.80 bits per heavy atom. The summed E-state index contributed by atoms with van der Waals surface area (Å²) in [5, 5.41) is 1.32. The van der Waals surface area contributed by atoms with Crippen molar-refractivity contribution in [3.8, 4) is 17.2 Å². The predicted molar refractivity (Wildman–Crippen MR) is 73.7 cm³/mol. The van der Waals surface area contributed by atoms with E-state index in [4.69, 9.17) is 14.2 Å². The van der Waals surface area contributed by atoms with Crippen molar-refractivity contribution >= 4 is 23.0 Å². The molecule has 2 aromatic carbocycles. The maximum Gasteiger partial charge on any atom is 0.308 e. The number of hydrogen-bond acceptors (Lipinski definition) is 5. The monoisotopic (exact) mass is 274 g/mol. The van der Waals surface area contributed by atoms with Gasteiger partial charge in [0.2, 0.25) is 0 Å². The molecule has 0 aliphatic rings. The van der Waals surface area contributed by atoms with Crippen molar-refractivity contribution in [2.24, 2.45) is 0 Å². The fourth-order valence-corrected chi connectivity index (χ4v) is 2.02. The summed E-state index contributed by atoms with van der Waals surface area (Å²) >= 11 is 0. The minimum Gasteiger partial charge on any atom is -0.497 e. The van der Waals surface area contributed by atoms with E-state index < -0.39 is 5.97 Å². The summed E-state index contributed by atoms with van der Waals surface area (Å²) in [4.78, 5) is 22.2. The summed E-state index contributed by atoms with van der Waals surface area (Å²) in [6.07, 6.45) is 0.693. The van der Waals surface area contributed by atoms with Gasteiger partial charge in [-0.2, -0.15) is 0 Å². The normalized spacial score (nSPS) is 10.2. The van der Waals surface area contributed by atoms with Crippen molar-refractivity contribution in [3.05, 3.63) is 29.8 Å². The number of methoxy groups -OCH3 is 2. The zero-order chi connectivity index (χ0) is 14.7. The van der Waals surface area contributed by atoms with E-state index in [1.807, 2.05) is 0 Å². The molecule has 0 atom stereocenters. The minimum absolute atomic E-state index is 0.289. The molecule has 0 radical (unpaired) electrons. The molecular formula is C15H14O5. The van der Waals surface area contributed by atoms with Gasteiger partial charge in [0.25, 0.3) is 0 Å². The van der Waals surface area contributed by atoms with Gasteiger partial charge in [-0.25, -0.2) is 0 Å². The molecule has 0 saturated heterocycles. The van der Waals surface area contributed by atoms with E-state index in [0.29, 0.717) is 34.1 Å². The topological polar surface area (TPSA) is 61.8 Å². The van der Waals surface area contributed by atoms with E-state index >= 15 is 0 Å². The quantitative estimate of drug-likeness (QED) is 0.487. The molecule has 0 saturated carbocycles. The highest BCUT2D eigenvalue weighted by atomic mass is 16.5. The number of carbonyl (C=O) groups is 2. The summed E-state index contributed by atoms with van der Waals surface area (Å²) in [5.41, 5.74) is 0.407. The summed E-state index contributed by atoms with van der Waals surface area (Å²) in [6.45, 7) is 1.30. The van der Waals surface area contributed by atoms with Gasteiger partial charge in [-0.15, -0.1) is 0 Å². The minimum atomic E-state index is -0.466. The van der Waals surface area contributed by atoms with Crippen LogP contribution >= 0.6 is 0 Å². The molecule has 5 nitrogen and oxygen atoms in total. The van der Waals surface area contributed by atoms with Crippen LogP contribution < -0.4 is 14.2 Å². The second kappa shape index (κ2) is 5.61. The van der Waals surface area contributed by atoms with Gasteiger partial charge in [-0.3, -0.25) is 9.59 Å². The van der Waals surface area contributed by atoms with Crippen LogP contribution in [0.5, 0.6) is 17.2 Å². The van der Waals surface area contributed by atoms with Crippen molar-refractivity contribution in [2.75, 3.05) is 14.2 Å². The molecule has 0 aliphatic heterocycles. The maximum atomic E-state index is 11.2. The Hall–Kier alpha value is -2.56. The van der Waals surface area contributed by atoms with Gasteiger partial charge in [-0.05, 0) is 23.6 Å². The average molecular weight is 274 g/mol.